The Hall–Kier alpha value is -0.0400. The summed E-state index contributed by atoms with van der Waals surface area (Å²) in [6.45, 7) is 14.4. The van der Waals surface area contributed by atoms with Gasteiger partial charge in [-0.25, -0.2) is 0 Å². The van der Waals surface area contributed by atoms with Crippen LogP contribution in [0.2, 0.25) is 0 Å². The van der Waals surface area contributed by atoms with Crippen LogP contribution in [0.3, 0.4) is 0 Å². The third-order valence-electron chi connectivity index (χ3n) is 7.46. The summed E-state index contributed by atoms with van der Waals surface area (Å²) in [5.41, 5.74) is 0.348. The fourth-order valence-corrected chi connectivity index (χ4v) is 5.02. The molecule has 0 saturated heterocycles. The van der Waals surface area contributed by atoms with E-state index >= 15 is 0 Å². The van der Waals surface area contributed by atoms with Crippen molar-refractivity contribution in [3.63, 3.8) is 0 Å². The molecule has 0 spiro atoms. The maximum atomic E-state index is 3.66. The molecule has 1 nitrogen and oxygen atoms in total. The van der Waals surface area contributed by atoms with E-state index in [1.54, 1.807) is 0 Å². The van der Waals surface area contributed by atoms with Crippen LogP contribution < -0.4 is 5.32 Å². The van der Waals surface area contributed by atoms with Crippen molar-refractivity contribution in [2.75, 3.05) is 7.05 Å². The van der Waals surface area contributed by atoms with Gasteiger partial charge < -0.3 is 5.32 Å². The van der Waals surface area contributed by atoms with E-state index in [4.69, 9.17) is 0 Å². The standard InChI is InChI=1S/C23H47N/c1-8-23(24-7,19(4)5)17-9-10-22(18(2)3)16-15-21-13-11-20(6)12-14-21/h18-22,24H,8-17H2,1-7H3. The van der Waals surface area contributed by atoms with Gasteiger partial charge in [-0.2, -0.15) is 0 Å². The van der Waals surface area contributed by atoms with Crippen LogP contribution in [0.15, 0.2) is 0 Å². The molecule has 2 unspecified atom stereocenters. The molecule has 24 heavy (non-hydrogen) atoms. The quantitative estimate of drug-likeness (QED) is 0.425. The molecule has 1 aliphatic rings. The smallest absolute Gasteiger partial charge is 0.0198 e. The molecule has 1 aliphatic carbocycles. The van der Waals surface area contributed by atoms with Crippen LogP contribution in [0.5, 0.6) is 0 Å². The highest BCUT2D eigenvalue weighted by Crippen LogP contribution is 2.35. The van der Waals surface area contributed by atoms with Gasteiger partial charge in [0.2, 0.25) is 0 Å². The lowest BCUT2D eigenvalue weighted by Crippen LogP contribution is -2.47. The topological polar surface area (TPSA) is 12.0 Å². The van der Waals surface area contributed by atoms with Crippen molar-refractivity contribution in [2.45, 2.75) is 111 Å². The van der Waals surface area contributed by atoms with Gasteiger partial charge in [0.05, 0.1) is 0 Å². The lowest BCUT2D eigenvalue weighted by Gasteiger charge is -2.37. The predicted molar refractivity (Wildman–Crippen MR) is 109 cm³/mol. The van der Waals surface area contributed by atoms with E-state index in [2.05, 4.69) is 53.9 Å². The fraction of sp³-hybridized carbons (Fsp3) is 1.00. The second kappa shape index (κ2) is 10.8. The first kappa shape index (κ1) is 22.0. The van der Waals surface area contributed by atoms with E-state index in [-0.39, 0.29) is 0 Å². The molecule has 144 valence electrons. The van der Waals surface area contributed by atoms with E-state index in [1.165, 1.54) is 64.2 Å². The van der Waals surface area contributed by atoms with Crippen molar-refractivity contribution in [1.82, 2.24) is 5.32 Å². The molecule has 1 saturated carbocycles. The summed E-state index contributed by atoms with van der Waals surface area (Å²) >= 11 is 0. The van der Waals surface area contributed by atoms with Crippen molar-refractivity contribution in [1.29, 1.82) is 0 Å². The Bertz CT molecular complexity index is 308. The number of nitrogens with one attached hydrogen (secondary N) is 1. The number of rotatable bonds is 11. The minimum atomic E-state index is 0.348. The molecule has 1 N–H and O–H groups in total. The van der Waals surface area contributed by atoms with Crippen molar-refractivity contribution in [2.24, 2.45) is 29.6 Å². The molecule has 1 rings (SSSR count). The molecule has 2 atom stereocenters. The molecule has 0 radical (unpaired) electrons. The zero-order chi connectivity index (χ0) is 18.2. The average Bonchev–Trinajstić information content (AvgIpc) is 2.55. The number of hydrogen-bond donors (Lipinski definition) is 1. The third-order valence-corrected chi connectivity index (χ3v) is 7.46. The van der Waals surface area contributed by atoms with Crippen molar-refractivity contribution >= 4 is 0 Å². The van der Waals surface area contributed by atoms with Gasteiger partial charge in [-0.1, -0.05) is 86.5 Å². The van der Waals surface area contributed by atoms with Gasteiger partial charge in [0, 0.05) is 5.54 Å². The van der Waals surface area contributed by atoms with E-state index in [0.717, 1.165) is 23.7 Å². The minimum absolute atomic E-state index is 0.348. The molecule has 0 bridgehead atoms. The van der Waals surface area contributed by atoms with Crippen LogP contribution in [0.25, 0.3) is 0 Å². The number of hydrogen-bond acceptors (Lipinski definition) is 1. The maximum Gasteiger partial charge on any atom is 0.0198 e. The zero-order valence-corrected chi connectivity index (χ0v) is 18.0. The first-order chi connectivity index (χ1) is 11.3. The SMILES string of the molecule is CCC(CCCC(CCC1CCC(C)CC1)C(C)C)(NC)C(C)C. The molecule has 0 aliphatic heterocycles. The van der Waals surface area contributed by atoms with Crippen LogP contribution in [-0.4, -0.2) is 12.6 Å². The Kier molecular flexibility index (Phi) is 9.94. The Morgan fingerprint density at radius 1 is 1.00 bits per heavy atom. The van der Waals surface area contributed by atoms with Crippen molar-refractivity contribution in [3.05, 3.63) is 0 Å². The second-order valence-electron chi connectivity index (χ2n) is 9.51. The third kappa shape index (κ3) is 6.70. The van der Waals surface area contributed by atoms with Gasteiger partial charge in [0.25, 0.3) is 0 Å². The van der Waals surface area contributed by atoms with Crippen LogP contribution in [-0.2, 0) is 0 Å². The van der Waals surface area contributed by atoms with Gasteiger partial charge in [-0.15, -0.1) is 0 Å². The van der Waals surface area contributed by atoms with E-state index < -0.39 is 0 Å². The second-order valence-corrected chi connectivity index (χ2v) is 9.51. The summed E-state index contributed by atoms with van der Waals surface area (Å²) in [4.78, 5) is 0. The summed E-state index contributed by atoms with van der Waals surface area (Å²) in [7, 11) is 2.16. The highest BCUT2D eigenvalue weighted by molar-refractivity contribution is 4.88. The maximum absolute atomic E-state index is 3.66. The van der Waals surface area contributed by atoms with E-state index in [1.807, 2.05) is 0 Å². The Morgan fingerprint density at radius 3 is 2.08 bits per heavy atom. The molecule has 0 heterocycles. The molecule has 0 amide bonds. The average molecular weight is 338 g/mol. The summed E-state index contributed by atoms with van der Waals surface area (Å²) in [5.74, 6) is 4.52. The van der Waals surface area contributed by atoms with Gasteiger partial charge >= 0.3 is 0 Å². The molecule has 1 heteroatoms. The summed E-state index contributed by atoms with van der Waals surface area (Å²) in [5, 5.41) is 3.66. The van der Waals surface area contributed by atoms with Crippen LogP contribution >= 0.6 is 0 Å². The van der Waals surface area contributed by atoms with Crippen LogP contribution in [0.4, 0.5) is 0 Å². The Morgan fingerprint density at radius 2 is 1.62 bits per heavy atom. The van der Waals surface area contributed by atoms with Crippen molar-refractivity contribution in [3.8, 4) is 0 Å². The largest absolute Gasteiger partial charge is 0.314 e. The zero-order valence-electron chi connectivity index (χ0n) is 18.0. The van der Waals surface area contributed by atoms with Crippen molar-refractivity contribution < 1.29 is 0 Å². The molecule has 1 fully saturated rings. The van der Waals surface area contributed by atoms with E-state index in [0.29, 0.717) is 11.5 Å². The van der Waals surface area contributed by atoms with Crippen LogP contribution in [0, 0.1) is 29.6 Å². The highest BCUT2D eigenvalue weighted by Gasteiger charge is 2.30. The van der Waals surface area contributed by atoms with Gasteiger partial charge in [0.1, 0.15) is 0 Å². The molecule has 0 aromatic carbocycles. The lowest BCUT2D eigenvalue weighted by atomic mass is 9.76. The molecule has 0 aromatic heterocycles. The Balaban J connectivity index is 2.40. The normalized spacial score (nSPS) is 25.9. The van der Waals surface area contributed by atoms with Gasteiger partial charge in [-0.05, 0) is 55.9 Å². The van der Waals surface area contributed by atoms with Gasteiger partial charge in [-0.3, -0.25) is 0 Å². The lowest BCUT2D eigenvalue weighted by molar-refractivity contribution is 0.200. The van der Waals surface area contributed by atoms with E-state index in [9.17, 15) is 0 Å². The summed E-state index contributed by atoms with van der Waals surface area (Å²) in [6.07, 6.45) is 14.3. The first-order valence-corrected chi connectivity index (χ1v) is 11.0. The molecule has 0 aromatic rings. The molecular formula is C23H47N. The fourth-order valence-electron chi connectivity index (χ4n) is 5.02. The minimum Gasteiger partial charge on any atom is -0.314 e. The van der Waals surface area contributed by atoms with Crippen LogP contribution in [0.1, 0.15) is 106 Å². The first-order valence-electron chi connectivity index (χ1n) is 11.0. The predicted octanol–water partition coefficient (Wildman–Crippen LogP) is 7.06. The monoisotopic (exact) mass is 337 g/mol. The van der Waals surface area contributed by atoms with Gasteiger partial charge in [0.15, 0.2) is 0 Å². The summed E-state index contributed by atoms with van der Waals surface area (Å²) < 4.78 is 0. The molecular weight excluding hydrogens is 290 g/mol. The Labute approximate surface area is 153 Å². The summed E-state index contributed by atoms with van der Waals surface area (Å²) in [6, 6.07) is 0. The highest BCUT2D eigenvalue weighted by atomic mass is 14.9.